The van der Waals surface area contributed by atoms with Crippen molar-refractivity contribution in [2.45, 2.75) is 6.92 Å². The molecule has 0 atom stereocenters. The predicted octanol–water partition coefficient (Wildman–Crippen LogP) is -0.437. The molecule has 0 saturated carbocycles. The molecule has 0 rings (SSSR count). The van der Waals surface area contributed by atoms with Gasteiger partial charge in [0.2, 0.25) is 0 Å². The molecule has 0 aromatic heterocycles. The second-order valence-electron chi connectivity index (χ2n) is 1.81. The molecule has 0 spiro atoms. The van der Waals surface area contributed by atoms with E-state index in [-0.39, 0.29) is 12.8 Å². The molecule has 4 heteroatoms. The Bertz CT molecular complexity index is 64.3. The van der Waals surface area contributed by atoms with Crippen LogP contribution >= 0.6 is 7.72 Å². The maximum atomic E-state index is 8.86. The van der Waals surface area contributed by atoms with Crippen LogP contribution in [0.3, 0.4) is 0 Å². The first-order valence-corrected chi connectivity index (χ1v) is 4.99. The Kier molecular flexibility index (Phi) is 3.49. The zero-order valence-corrected chi connectivity index (χ0v) is 5.96. The van der Waals surface area contributed by atoms with Gasteiger partial charge < -0.3 is 0 Å². The normalized spacial score (nSPS) is 14.0. The molecule has 0 fully saturated rings. The molecule has 3 N–H and O–H groups in total. The third-order valence-corrected chi connectivity index (χ3v) is 3.24. The summed E-state index contributed by atoms with van der Waals surface area (Å²) in [6.07, 6.45) is 0.567. The van der Waals surface area contributed by atoms with Crippen molar-refractivity contribution in [1.82, 2.24) is 0 Å². The van der Waals surface area contributed by atoms with E-state index in [1.165, 1.54) is 0 Å². The number of hydrogen-bond donors (Lipinski definition) is 3. The molecule has 0 saturated heterocycles. The fraction of sp³-hybridized carbons (Fsp3) is 1.00. The van der Waals surface area contributed by atoms with E-state index in [2.05, 4.69) is 0 Å². The van der Waals surface area contributed by atoms with Crippen LogP contribution < -0.4 is 0 Å². The van der Waals surface area contributed by atoms with E-state index >= 15 is 0 Å². The molecule has 0 aliphatic rings. The molecule has 0 aliphatic heterocycles. The van der Waals surface area contributed by atoms with Crippen molar-refractivity contribution in [3.8, 4) is 0 Å². The molecular formula is C4H13O3P. The Balaban J connectivity index is 3.37. The van der Waals surface area contributed by atoms with Crippen LogP contribution in [0.5, 0.6) is 0 Å². The van der Waals surface area contributed by atoms with Gasteiger partial charge in [0.25, 0.3) is 0 Å². The number of rotatable bonds is 3. The number of aliphatic hydroxyl groups excluding tert-OH is 1. The molecule has 0 aromatic carbocycles. The van der Waals surface area contributed by atoms with Crippen LogP contribution in [0.1, 0.15) is 6.92 Å². The molecule has 0 bridgehead atoms. The summed E-state index contributed by atoms with van der Waals surface area (Å²) in [4.78, 5) is 17.7. The first kappa shape index (κ1) is 8.31. The van der Waals surface area contributed by atoms with Gasteiger partial charge >= 0.3 is 48.5 Å². The zero-order chi connectivity index (χ0) is 6.62. The molecule has 0 heterocycles. The third kappa shape index (κ3) is 3.33. The molecule has 0 unspecified atom stereocenters. The summed E-state index contributed by atoms with van der Waals surface area (Å²) in [6.45, 7) is 1.59. The molecular weight excluding hydrogens is 127 g/mol. The van der Waals surface area contributed by atoms with E-state index in [4.69, 9.17) is 14.9 Å². The Morgan fingerprint density at radius 2 is 1.88 bits per heavy atom. The van der Waals surface area contributed by atoms with Crippen molar-refractivity contribution in [2.75, 3.05) is 18.9 Å². The molecule has 52 valence electrons. The van der Waals surface area contributed by atoms with E-state index in [0.29, 0.717) is 6.16 Å². The topological polar surface area (TPSA) is 60.7 Å². The van der Waals surface area contributed by atoms with Gasteiger partial charge in [-0.05, 0) is 0 Å². The van der Waals surface area contributed by atoms with Gasteiger partial charge in [-0.3, -0.25) is 0 Å². The van der Waals surface area contributed by atoms with E-state index in [1.54, 1.807) is 6.92 Å². The molecule has 8 heavy (non-hydrogen) atoms. The monoisotopic (exact) mass is 140 g/mol. The van der Waals surface area contributed by atoms with Crippen molar-refractivity contribution in [2.24, 2.45) is 0 Å². The minimum absolute atomic E-state index is 0.118. The van der Waals surface area contributed by atoms with E-state index in [0.717, 1.165) is 0 Å². The van der Waals surface area contributed by atoms with Gasteiger partial charge in [0.15, 0.2) is 0 Å². The van der Waals surface area contributed by atoms with Gasteiger partial charge in [0.05, 0.1) is 0 Å². The molecule has 3 nitrogen and oxygen atoms in total. The SMILES string of the molecule is CC[PH](O)(O)CCO. The second kappa shape index (κ2) is 3.36. The van der Waals surface area contributed by atoms with Crippen molar-refractivity contribution in [3.05, 3.63) is 0 Å². The van der Waals surface area contributed by atoms with Gasteiger partial charge in [-0.2, -0.15) is 0 Å². The second-order valence-corrected chi connectivity index (χ2v) is 4.98. The van der Waals surface area contributed by atoms with Gasteiger partial charge in [-0.1, -0.05) is 0 Å². The van der Waals surface area contributed by atoms with Crippen LogP contribution in [0.15, 0.2) is 0 Å². The average molecular weight is 140 g/mol. The molecule has 0 amide bonds. The average Bonchev–Trinajstić information content (AvgIpc) is 1.67. The summed E-state index contributed by atoms with van der Waals surface area (Å²) in [5, 5.41) is 8.25. The van der Waals surface area contributed by atoms with Crippen molar-refractivity contribution < 1.29 is 14.9 Å². The summed E-state index contributed by atoms with van der Waals surface area (Å²) in [5.41, 5.74) is 0. The Morgan fingerprint density at radius 1 is 1.38 bits per heavy atom. The van der Waals surface area contributed by atoms with Gasteiger partial charge in [0.1, 0.15) is 0 Å². The van der Waals surface area contributed by atoms with Crippen molar-refractivity contribution >= 4 is 7.72 Å². The van der Waals surface area contributed by atoms with Crippen LogP contribution in [0.25, 0.3) is 0 Å². The summed E-state index contributed by atoms with van der Waals surface area (Å²) >= 11 is 0. The predicted molar refractivity (Wildman–Crippen MR) is 35.2 cm³/mol. The fourth-order valence-electron chi connectivity index (χ4n) is 0.356. The van der Waals surface area contributed by atoms with Crippen LogP contribution in [0.2, 0.25) is 0 Å². The van der Waals surface area contributed by atoms with Crippen LogP contribution in [0.4, 0.5) is 0 Å². The quantitative estimate of drug-likeness (QED) is 0.466. The minimum atomic E-state index is -2.93. The van der Waals surface area contributed by atoms with Gasteiger partial charge in [-0.15, -0.1) is 0 Å². The first-order chi connectivity index (χ1) is 3.62. The summed E-state index contributed by atoms with van der Waals surface area (Å²) in [7, 11) is -2.93. The van der Waals surface area contributed by atoms with Crippen molar-refractivity contribution in [1.29, 1.82) is 0 Å². The van der Waals surface area contributed by atoms with Gasteiger partial charge in [0, 0.05) is 0 Å². The fourth-order valence-corrected chi connectivity index (χ4v) is 1.07. The number of aliphatic hydroxyl groups is 1. The third-order valence-electron chi connectivity index (χ3n) is 1.08. The van der Waals surface area contributed by atoms with Crippen LogP contribution in [-0.2, 0) is 0 Å². The zero-order valence-electron chi connectivity index (χ0n) is 4.96. The molecule has 0 aliphatic carbocycles. The molecule has 0 aromatic rings. The van der Waals surface area contributed by atoms with Crippen LogP contribution in [0, 0.1) is 0 Å². The van der Waals surface area contributed by atoms with E-state index in [9.17, 15) is 0 Å². The van der Waals surface area contributed by atoms with Crippen molar-refractivity contribution in [3.63, 3.8) is 0 Å². The standard InChI is InChI=1S/C4H13O3P/c1-2-8(6,7)4-3-5/h5-8H,2-4H2,1H3. The summed E-state index contributed by atoms with van der Waals surface area (Å²) in [6, 6.07) is 0. The van der Waals surface area contributed by atoms with Crippen LogP contribution in [-0.4, -0.2) is 33.8 Å². The molecule has 0 radical (unpaired) electrons. The van der Waals surface area contributed by atoms with Gasteiger partial charge in [-0.25, -0.2) is 0 Å². The Labute approximate surface area is 49.5 Å². The maximum absolute atomic E-state index is 8.86. The van der Waals surface area contributed by atoms with E-state index in [1.807, 2.05) is 0 Å². The van der Waals surface area contributed by atoms with E-state index < -0.39 is 7.72 Å². The Morgan fingerprint density at radius 3 is 2.00 bits per heavy atom. The summed E-state index contributed by atoms with van der Waals surface area (Å²) in [5.74, 6) is 0. The summed E-state index contributed by atoms with van der Waals surface area (Å²) < 4.78 is 0. The first-order valence-electron chi connectivity index (χ1n) is 2.68. The number of hydrogen-bond acceptors (Lipinski definition) is 3. The Hall–Kier alpha value is 0.310.